The van der Waals surface area contributed by atoms with Crippen molar-refractivity contribution < 1.29 is 37.3 Å². The molecule has 0 bridgehead atoms. The Hall–Kier alpha value is -6.14. The maximum atomic E-state index is 14.3. The van der Waals surface area contributed by atoms with Crippen LogP contribution in [0.4, 0.5) is 20.2 Å². The number of carbonyl (C=O) groups excluding carboxylic acids is 2. The Morgan fingerprint density at radius 3 is 1.43 bits per heavy atom. The van der Waals surface area contributed by atoms with Crippen molar-refractivity contribution in [2.24, 2.45) is 0 Å². The van der Waals surface area contributed by atoms with Gasteiger partial charge in [-0.2, -0.15) is 0 Å². The summed E-state index contributed by atoms with van der Waals surface area (Å²) in [6.07, 6.45) is 0.414. The van der Waals surface area contributed by atoms with E-state index in [0.717, 1.165) is 86.2 Å². The summed E-state index contributed by atoms with van der Waals surface area (Å²) in [6, 6.07) is 16.6. The number of ether oxygens (including phenoxy) is 4. The van der Waals surface area contributed by atoms with E-state index < -0.39 is 10.8 Å². The number of amides is 2. The van der Waals surface area contributed by atoms with Crippen LogP contribution in [-0.4, -0.2) is 209 Å². The van der Waals surface area contributed by atoms with E-state index in [4.69, 9.17) is 18.9 Å². The van der Waals surface area contributed by atoms with Crippen LogP contribution in [0.25, 0.3) is 0 Å². The number of nitrogens with zero attached hydrogens (tertiary/aromatic N) is 6. The summed E-state index contributed by atoms with van der Waals surface area (Å²) < 4.78 is 51.3. The third kappa shape index (κ3) is 15.3. The minimum Gasteiger partial charge on any atom is -0.373 e. The van der Waals surface area contributed by atoms with Crippen LogP contribution in [0.3, 0.4) is 0 Å². The monoisotopic (exact) mass is 1160 g/mol. The molecule has 0 aliphatic carbocycles. The molecule has 6 aliphatic rings. The number of hydrogen-bond acceptors (Lipinski definition) is 14. The lowest BCUT2D eigenvalue weighted by Gasteiger charge is -2.43. The van der Waals surface area contributed by atoms with Gasteiger partial charge < -0.3 is 49.3 Å². The number of hydrogen-bond donors (Lipinski definition) is 4. The molecule has 0 unspecified atom stereocenters. The summed E-state index contributed by atoms with van der Waals surface area (Å²) >= 11 is 0. The molecule has 20 heteroatoms. The standard InChI is InChI=1S/C64H82F2N10O8/c1-43-31-73(37-57(77)75-41-63(3,4)59-55(75)27-47(61(79)69-59)25-45-11-15-49(65)16-12-45)51(29-67-43)33-71-19-23-83-53(35-71)39-81-21-9-7-8-10-22-82-40-54-36-72(20-24-84-54)34-52-30-68-44(2)32-74(52)38-58(78)76-42-64(5,6)60-56(76)28-48(62(80)70-60)26-46-13-17-50(66)18-14-46/h11-18,27-28,43-44,51-54,67-68H,19-26,29-42H2,1-6H3,(H,69,79)(H,70,80)/t43-,44-,51-,52-,53+,54+/m1/s1. The third-order valence-corrected chi connectivity index (χ3v) is 17.2. The summed E-state index contributed by atoms with van der Waals surface area (Å²) in [5.74, 6) is 11.0. The van der Waals surface area contributed by atoms with E-state index in [0.29, 0.717) is 76.6 Å². The molecular formula is C64H82F2N10O8. The third-order valence-electron chi connectivity index (χ3n) is 17.2. The van der Waals surface area contributed by atoms with Gasteiger partial charge in [0.2, 0.25) is 11.8 Å². The molecule has 18 nitrogen and oxygen atoms in total. The van der Waals surface area contributed by atoms with Crippen LogP contribution in [0.5, 0.6) is 0 Å². The number of anilines is 2. The summed E-state index contributed by atoms with van der Waals surface area (Å²) in [4.78, 5) is 74.3. The fourth-order valence-corrected chi connectivity index (χ4v) is 12.7. The van der Waals surface area contributed by atoms with E-state index in [2.05, 4.69) is 77.7 Å². The van der Waals surface area contributed by atoms with Crippen LogP contribution in [0.1, 0.15) is 75.2 Å². The van der Waals surface area contributed by atoms with Gasteiger partial charge in [0.1, 0.15) is 24.8 Å². The molecule has 6 atom stereocenters. The lowest BCUT2D eigenvalue weighted by atomic mass is 9.91. The van der Waals surface area contributed by atoms with Gasteiger partial charge in [0.15, 0.2) is 0 Å². The zero-order valence-corrected chi connectivity index (χ0v) is 49.5. The molecule has 0 saturated carbocycles. The van der Waals surface area contributed by atoms with Crippen LogP contribution >= 0.6 is 0 Å². The molecule has 2 aromatic carbocycles. The molecule has 4 fully saturated rings. The maximum absolute atomic E-state index is 14.3. The van der Waals surface area contributed by atoms with E-state index >= 15 is 0 Å². The molecular weight excluding hydrogens is 1070 g/mol. The van der Waals surface area contributed by atoms with E-state index in [-0.39, 0.29) is 97.2 Å². The first-order valence-corrected chi connectivity index (χ1v) is 29.7. The summed E-state index contributed by atoms with van der Waals surface area (Å²) in [6.45, 7) is 23.6. The smallest absolute Gasteiger partial charge is 0.251 e. The van der Waals surface area contributed by atoms with Crippen molar-refractivity contribution in [3.63, 3.8) is 0 Å². The number of aromatic amines is 2. The molecule has 2 aromatic heterocycles. The predicted molar refractivity (Wildman–Crippen MR) is 318 cm³/mol. The number of morpholine rings is 2. The summed E-state index contributed by atoms with van der Waals surface area (Å²) in [5, 5.41) is 7.24. The zero-order valence-electron chi connectivity index (χ0n) is 49.5. The average Bonchev–Trinajstić information content (AvgIpc) is 1.86. The maximum Gasteiger partial charge on any atom is 0.251 e. The Labute approximate surface area is 491 Å². The highest BCUT2D eigenvalue weighted by molar-refractivity contribution is 5.98. The Kier molecular flexibility index (Phi) is 19.6. The van der Waals surface area contributed by atoms with Crippen LogP contribution < -0.4 is 31.6 Å². The van der Waals surface area contributed by atoms with Gasteiger partial charge in [-0.3, -0.25) is 38.8 Å². The van der Waals surface area contributed by atoms with Crippen molar-refractivity contribution in [2.75, 3.05) is 141 Å². The SMILES string of the molecule is C[C@@H]1CN(CC(=O)N2CC(C)(C)c3[nH]c(=O)c(Cc4ccc(F)cc4)cc32)[C@@H](CN2CCO[C@H](COCC#CC#CCOC[C@@H]3CN(C[C@H]4CN[C@H](C)CN4CC(=O)N4CC(C)(C)c5[nH]c(=O)c(Cc6ccc(F)cc6)cc54)CCO3)C2)CN1. The highest BCUT2D eigenvalue weighted by atomic mass is 19.1. The topological polar surface area (TPSA) is 180 Å². The first-order chi connectivity index (χ1) is 40.3. The second-order valence-corrected chi connectivity index (χ2v) is 25.0. The molecule has 2 amide bonds. The van der Waals surface area contributed by atoms with Gasteiger partial charge in [-0.1, -0.05) is 63.8 Å². The number of rotatable bonds is 18. The van der Waals surface area contributed by atoms with E-state index in [1.165, 1.54) is 24.3 Å². The minimum atomic E-state index is -0.436. The van der Waals surface area contributed by atoms with Gasteiger partial charge in [-0.05, 0) is 73.2 Å². The van der Waals surface area contributed by atoms with E-state index in [1.54, 1.807) is 24.3 Å². The number of halogens is 2. The molecule has 4 N–H and O–H groups in total. The predicted octanol–water partition coefficient (Wildman–Crippen LogP) is 3.24. The second-order valence-electron chi connectivity index (χ2n) is 25.0. The number of benzene rings is 2. The molecule has 84 heavy (non-hydrogen) atoms. The van der Waals surface area contributed by atoms with Crippen LogP contribution in [0.2, 0.25) is 0 Å². The highest BCUT2D eigenvalue weighted by Gasteiger charge is 2.43. The van der Waals surface area contributed by atoms with Crippen molar-refractivity contribution in [3.05, 3.63) is 127 Å². The van der Waals surface area contributed by atoms with Crippen LogP contribution in [-0.2, 0) is 52.2 Å². The van der Waals surface area contributed by atoms with Crippen molar-refractivity contribution in [3.8, 4) is 23.7 Å². The molecule has 10 rings (SSSR count). The van der Waals surface area contributed by atoms with Crippen LogP contribution in [0.15, 0.2) is 70.3 Å². The normalized spacial score (nSPS) is 24.4. The van der Waals surface area contributed by atoms with Crippen molar-refractivity contribution in [1.29, 1.82) is 0 Å². The Balaban J connectivity index is 0.639. The molecule has 6 aliphatic heterocycles. The van der Waals surface area contributed by atoms with Crippen molar-refractivity contribution in [2.45, 2.75) is 102 Å². The Morgan fingerprint density at radius 1 is 0.619 bits per heavy atom. The molecule has 0 radical (unpaired) electrons. The van der Waals surface area contributed by atoms with Crippen molar-refractivity contribution in [1.82, 2.24) is 40.2 Å². The number of fused-ring (bicyclic) bond motifs is 2. The van der Waals surface area contributed by atoms with Gasteiger partial charge in [0.25, 0.3) is 11.1 Å². The fraction of sp³-hybridized carbons (Fsp3) is 0.562. The number of pyridine rings is 2. The molecule has 4 saturated heterocycles. The van der Waals surface area contributed by atoms with Crippen LogP contribution in [0, 0.1) is 35.3 Å². The fourth-order valence-electron chi connectivity index (χ4n) is 12.7. The number of nitrogens with one attached hydrogen (secondary N) is 4. The lowest BCUT2D eigenvalue weighted by Crippen LogP contribution is -2.61. The number of piperazine rings is 2. The minimum absolute atomic E-state index is 0.0110. The van der Waals surface area contributed by atoms with Gasteiger partial charge in [-0.15, -0.1) is 0 Å². The van der Waals surface area contributed by atoms with Gasteiger partial charge in [0, 0.05) is 149 Å². The zero-order chi connectivity index (χ0) is 59.1. The second kappa shape index (κ2) is 27.1. The largest absolute Gasteiger partial charge is 0.373 e. The Bertz CT molecular complexity index is 3010. The number of carbonyl (C=O) groups is 2. The summed E-state index contributed by atoms with van der Waals surface area (Å²) in [7, 11) is 0. The number of H-pyrrole nitrogens is 2. The first kappa shape index (κ1) is 61.0. The summed E-state index contributed by atoms with van der Waals surface area (Å²) in [5.41, 5.74) is 4.40. The van der Waals surface area contributed by atoms with Gasteiger partial charge in [-0.25, -0.2) is 8.78 Å². The average molecular weight is 1160 g/mol. The quantitative estimate of drug-likeness (QED) is 0.0843. The van der Waals surface area contributed by atoms with Crippen molar-refractivity contribution >= 4 is 23.2 Å². The van der Waals surface area contributed by atoms with Gasteiger partial charge in [0.05, 0.1) is 63.1 Å². The van der Waals surface area contributed by atoms with E-state index in [1.807, 2.05) is 49.6 Å². The molecule has 8 heterocycles. The molecule has 4 aromatic rings. The first-order valence-electron chi connectivity index (χ1n) is 29.7. The van der Waals surface area contributed by atoms with Gasteiger partial charge >= 0.3 is 0 Å². The molecule has 0 spiro atoms. The van der Waals surface area contributed by atoms with E-state index in [9.17, 15) is 28.0 Å². The Morgan fingerprint density at radius 2 is 1.02 bits per heavy atom. The highest BCUT2D eigenvalue weighted by Crippen LogP contribution is 2.40. The number of aromatic nitrogens is 2. The lowest BCUT2D eigenvalue weighted by molar-refractivity contribution is -0.122. The molecule has 450 valence electrons.